The van der Waals surface area contributed by atoms with Crippen molar-refractivity contribution in [3.8, 4) is 0 Å². The van der Waals surface area contributed by atoms with E-state index in [1.54, 1.807) is 0 Å². The van der Waals surface area contributed by atoms with Crippen LogP contribution < -0.4 is 11.1 Å². The summed E-state index contributed by atoms with van der Waals surface area (Å²) in [5.41, 5.74) is 9.56. The maximum Gasteiger partial charge on any atom is 0.136 e. The van der Waals surface area contributed by atoms with Gasteiger partial charge in [-0.15, -0.1) is 0 Å². The van der Waals surface area contributed by atoms with Crippen molar-refractivity contribution in [3.05, 3.63) is 22.9 Å². The molecular formula is C16H23N3S. The van der Waals surface area contributed by atoms with Crippen molar-refractivity contribution in [2.45, 2.75) is 63.8 Å². The summed E-state index contributed by atoms with van der Waals surface area (Å²) in [5.74, 6) is 0.905. The fourth-order valence-corrected chi connectivity index (χ4v) is 3.64. The van der Waals surface area contributed by atoms with Crippen LogP contribution in [-0.2, 0) is 12.8 Å². The molecule has 108 valence electrons. The molecule has 1 heterocycles. The van der Waals surface area contributed by atoms with Crippen LogP contribution in [0.4, 0.5) is 5.82 Å². The summed E-state index contributed by atoms with van der Waals surface area (Å²) in [6.07, 6.45) is 9.64. The van der Waals surface area contributed by atoms with Gasteiger partial charge >= 0.3 is 0 Å². The van der Waals surface area contributed by atoms with Gasteiger partial charge in [-0.25, -0.2) is 4.98 Å². The number of hydrogen-bond donors (Lipinski definition) is 2. The van der Waals surface area contributed by atoms with Crippen molar-refractivity contribution in [3.63, 3.8) is 0 Å². The zero-order chi connectivity index (χ0) is 14.2. The number of nitrogens with one attached hydrogen (secondary N) is 1. The first kappa shape index (κ1) is 13.8. The largest absolute Gasteiger partial charge is 0.389 e. The Morgan fingerprint density at radius 2 is 1.95 bits per heavy atom. The molecule has 0 spiro atoms. The molecule has 3 N–H and O–H groups in total. The molecule has 20 heavy (non-hydrogen) atoms. The molecule has 1 saturated carbocycles. The molecule has 1 fully saturated rings. The minimum absolute atomic E-state index is 0.148. The van der Waals surface area contributed by atoms with Gasteiger partial charge in [0.05, 0.1) is 5.56 Å². The molecule has 0 saturated heterocycles. The third-order valence-electron chi connectivity index (χ3n) is 4.69. The minimum Gasteiger partial charge on any atom is -0.389 e. The monoisotopic (exact) mass is 289 g/mol. The Balaban J connectivity index is 1.97. The Morgan fingerprint density at radius 3 is 2.65 bits per heavy atom. The zero-order valence-corrected chi connectivity index (χ0v) is 13.0. The molecule has 4 heteroatoms. The number of pyridine rings is 1. The van der Waals surface area contributed by atoms with Crippen LogP contribution in [0, 0.1) is 0 Å². The first-order valence-electron chi connectivity index (χ1n) is 7.68. The van der Waals surface area contributed by atoms with Crippen molar-refractivity contribution >= 4 is 23.0 Å². The van der Waals surface area contributed by atoms with Crippen LogP contribution in [0.3, 0.4) is 0 Å². The molecule has 0 atom stereocenters. The Kier molecular flexibility index (Phi) is 3.67. The highest BCUT2D eigenvalue weighted by molar-refractivity contribution is 7.80. The van der Waals surface area contributed by atoms with Crippen LogP contribution in [0.25, 0.3) is 0 Å². The van der Waals surface area contributed by atoms with E-state index in [4.69, 9.17) is 22.9 Å². The summed E-state index contributed by atoms with van der Waals surface area (Å²) in [7, 11) is 0. The predicted molar refractivity (Wildman–Crippen MR) is 87.3 cm³/mol. The van der Waals surface area contributed by atoms with Crippen LogP contribution in [0.5, 0.6) is 0 Å². The van der Waals surface area contributed by atoms with Gasteiger partial charge in [0.1, 0.15) is 10.8 Å². The fourth-order valence-electron chi connectivity index (χ4n) is 3.48. The molecule has 2 aliphatic rings. The summed E-state index contributed by atoms with van der Waals surface area (Å²) in [5, 5.41) is 3.64. The average molecular weight is 289 g/mol. The molecular weight excluding hydrogens is 266 g/mol. The van der Waals surface area contributed by atoms with E-state index in [1.807, 2.05) is 0 Å². The van der Waals surface area contributed by atoms with E-state index in [2.05, 4.69) is 18.3 Å². The van der Waals surface area contributed by atoms with E-state index in [0.717, 1.165) is 24.2 Å². The van der Waals surface area contributed by atoms with Crippen molar-refractivity contribution in [1.29, 1.82) is 0 Å². The van der Waals surface area contributed by atoms with Crippen molar-refractivity contribution in [2.24, 2.45) is 5.73 Å². The Bertz CT molecular complexity index is 533. The number of nitrogens with zero attached hydrogens (tertiary/aromatic N) is 1. The lowest BCUT2D eigenvalue weighted by Gasteiger charge is -2.28. The van der Waals surface area contributed by atoms with Gasteiger partial charge in [-0.05, 0) is 57.1 Å². The van der Waals surface area contributed by atoms with Gasteiger partial charge < -0.3 is 11.1 Å². The molecule has 2 aliphatic carbocycles. The van der Waals surface area contributed by atoms with Gasteiger partial charge in [0.25, 0.3) is 0 Å². The van der Waals surface area contributed by atoms with Crippen molar-refractivity contribution < 1.29 is 0 Å². The average Bonchev–Trinajstić information content (AvgIpc) is 2.84. The second-order valence-corrected chi connectivity index (χ2v) is 6.89. The lowest BCUT2D eigenvalue weighted by atomic mass is 9.94. The molecule has 1 aromatic heterocycles. The van der Waals surface area contributed by atoms with Gasteiger partial charge in [-0.3, -0.25) is 0 Å². The van der Waals surface area contributed by atoms with E-state index in [1.165, 1.54) is 49.8 Å². The standard InChI is InChI=1S/C16H23N3S/c1-16(8-4-5-9-16)19-15-12(14(17)20)10-11-6-2-3-7-13(11)18-15/h10H,2-9H2,1H3,(H2,17,20)(H,18,19). The number of anilines is 1. The van der Waals surface area contributed by atoms with Crippen LogP contribution in [0.1, 0.15) is 62.3 Å². The summed E-state index contributed by atoms with van der Waals surface area (Å²) in [6, 6.07) is 2.17. The van der Waals surface area contributed by atoms with Crippen LogP contribution >= 0.6 is 12.2 Å². The smallest absolute Gasteiger partial charge is 0.136 e. The number of hydrogen-bond acceptors (Lipinski definition) is 3. The molecule has 0 unspecified atom stereocenters. The van der Waals surface area contributed by atoms with E-state index >= 15 is 0 Å². The van der Waals surface area contributed by atoms with E-state index in [0.29, 0.717) is 4.99 Å². The number of nitrogens with two attached hydrogens (primary N) is 1. The van der Waals surface area contributed by atoms with Gasteiger partial charge in [0.2, 0.25) is 0 Å². The first-order chi connectivity index (χ1) is 9.57. The maximum atomic E-state index is 5.92. The molecule has 1 aromatic rings. The van der Waals surface area contributed by atoms with Gasteiger partial charge in [-0.2, -0.15) is 0 Å². The highest BCUT2D eigenvalue weighted by Gasteiger charge is 2.30. The number of fused-ring (bicyclic) bond motifs is 1. The maximum absolute atomic E-state index is 5.92. The molecule has 3 nitrogen and oxygen atoms in total. The summed E-state index contributed by atoms with van der Waals surface area (Å²) in [6.45, 7) is 2.28. The summed E-state index contributed by atoms with van der Waals surface area (Å²) >= 11 is 5.23. The Labute approximate surface area is 126 Å². The number of rotatable bonds is 3. The lowest BCUT2D eigenvalue weighted by Crippen LogP contribution is -2.33. The molecule has 0 amide bonds. The summed E-state index contributed by atoms with van der Waals surface area (Å²) < 4.78 is 0. The van der Waals surface area contributed by atoms with Gasteiger partial charge in [0.15, 0.2) is 0 Å². The highest BCUT2D eigenvalue weighted by atomic mass is 32.1. The Hall–Kier alpha value is -1.16. The van der Waals surface area contributed by atoms with Crippen LogP contribution in [-0.4, -0.2) is 15.5 Å². The van der Waals surface area contributed by atoms with Crippen LogP contribution in [0.2, 0.25) is 0 Å². The quantitative estimate of drug-likeness (QED) is 0.838. The van der Waals surface area contributed by atoms with Crippen LogP contribution in [0.15, 0.2) is 6.07 Å². The molecule has 0 radical (unpaired) electrons. The topological polar surface area (TPSA) is 50.9 Å². The normalized spacial score (nSPS) is 20.4. The van der Waals surface area contributed by atoms with Crippen molar-refractivity contribution in [2.75, 3.05) is 5.32 Å². The second kappa shape index (κ2) is 5.32. The van der Waals surface area contributed by atoms with Gasteiger partial charge in [0, 0.05) is 11.2 Å². The lowest BCUT2D eigenvalue weighted by molar-refractivity contribution is 0.530. The fraction of sp³-hybridized carbons (Fsp3) is 0.625. The zero-order valence-electron chi connectivity index (χ0n) is 12.2. The minimum atomic E-state index is 0.148. The Morgan fingerprint density at radius 1 is 1.25 bits per heavy atom. The molecule has 0 aromatic carbocycles. The van der Waals surface area contributed by atoms with E-state index in [-0.39, 0.29) is 5.54 Å². The number of aryl methyl sites for hydroxylation is 2. The predicted octanol–water partition coefficient (Wildman–Crippen LogP) is 3.34. The third-order valence-corrected chi connectivity index (χ3v) is 4.91. The molecule has 0 aliphatic heterocycles. The van der Waals surface area contributed by atoms with E-state index < -0.39 is 0 Å². The second-order valence-electron chi connectivity index (χ2n) is 6.45. The molecule has 0 bridgehead atoms. The first-order valence-corrected chi connectivity index (χ1v) is 8.09. The summed E-state index contributed by atoms with van der Waals surface area (Å²) in [4.78, 5) is 5.32. The van der Waals surface area contributed by atoms with Crippen molar-refractivity contribution in [1.82, 2.24) is 4.98 Å². The third kappa shape index (κ3) is 2.66. The van der Waals surface area contributed by atoms with E-state index in [9.17, 15) is 0 Å². The number of thiocarbonyl (C=S) groups is 1. The molecule has 3 rings (SSSR count). The highest BCUT2D eigenvalue weighted by Crippen LogP contribution is 2.34. The van der Waals surface area contributed by atoms with Gasteiger partial charge in [-0.1, -0.05) is 25.1 Å². The SMILES string of the molecule is CC1(Nc2nc3c(cc2C(N)=S)CCCC3)CCCC1. The number of aromatic nitrogens is 1.